The van der Waals surface area contributed by atoms with Crippen molar-refractivity contribution in [3.63, 3.8) is 0 Å². The average Bonchev–Trinajstić information content (AvgIpc) is 3.29. The lowest BCUT2D eigenvalue weighted by Gasteiger charge is -2.21. The minimum Gasteiger partial charge on any atom is -0.345 e. The summed E-state index contributed by atoms with van der Waals surface area (Å²) < 4.78 is 11.1. The molecule has 4 nitrogen and oxygen atoms in total. The number of hydrogen-bond acceptors (Lipinski definition) is 5. The summed E-state index contributed by atoms with van der Waals surface area (Å²) in [6.07, 6.45) is 2.35. The smallest absolute Gasteiger partial charge is 0.202 e. The summed E-state index contributed by atoms with van der Waals surface area (Å²) in [6.45, 7) is 5.87. The zero-order valence-electron chi connectivity index (χ0n) is 13.4. The first kappa shape index (κ1) is 15.3. The lowest BCUT2D eigenvalue weighted by Crippen LogP contribution is -2.26. The van der Waals surface area contributed by atoms with E-state index in [1.807, 2.05) is 5.38 Å². The highest BCUT2D eigenvalue weighted by atomic mass is 32.1. The van der Waals surface area contributed by atoms with Crippen molar-refractivity contribution in [3.8, 4) is 10.6 Å². The molecule has 0 bridgehead atoms. The van der Waals surface area contributed by atoms with Crippen LogP contribution in [0.4, 0.5) is 0 Å². The van der Waals surface area contributed by atoms with Crippen molar-refractivity contribution in [2.24, 2.45) is 0 Å². The maximum Gasteiger partial charge on any atom is 0.202 e. The fraction of sp³-hybridized carbons (Fsp3) is 0.500. The molecule has 0 N–H and O–H groups in total. The van der Waals surface area contributed by atoms with E-state index in [9.17, 15) is 0 Å². The molecule has 0 aliphatic carbocycles. The standard InChI is InChI=1S/C18H22N2O2S/c1-13-4-3-7-20(13)11-14-5-2-6-15(10-14)17-19-16(12-23-17)18-21-8-9-22-18/h2,5-6,10,12-13,18H,3-4,7-9,11H2,1H3. The van der Waals surface area contributed by atoms with Crippen LogP contribution in [0.25, 0.3) is 10.6 Å². The molecule has 2 fully saturated rings. The van der Waals surface area contributed by atoms with Crippen LogP contribution in [0.2, 0.25) is 0 Å². The average molecular weight is 330 g/mol. The molecule has 4 rings (SSSR count). The molecule has 3 heterocycles. The number of rotatable bonds is 4. The molecular formula is C18H22N2O2S. The first-order valence-electron chi connectivity index (χ1n) is 8.31. The highest BCUT2D eigenvalue weighted by Crippen LogP contribution is 2.30. The highest BCUT2D eigenvalue weighted by Gasteiger charge is 2.22. The molecule has 1 unspecified atom stereocenters. The predicted molar refractivity (Wildman–Crippen MR) is 91.3 cm³/mol. The molecule has 0 radical (unpaired) electrons. The van der Waals surface area contributed by atoms with E-state index < -0.39 is 0 Å². The number of ether oxygens (including phenoxy) is 2. The monoisotopic (exact) mass is 330 g/mol. The Morgan fingerprint density at radius 3 is 2.96 bits per heavy atom. The van der Waals surface area contributed by atoms with Gasteiger partial charge >= 0.3 is 0 Å². The van der Waals surface area contributed by atoms with Crippen LogP contribution < -0.4 is 0 Å². The van der Waals surface area contributed by atoms with Crippen molar-refractivity contribution in [1.29, 1.82) is 0 Å². The molecule has 1 atom stereocenters. The van der Waals surface area contributed by atoms with Gasteiger partial charge in [0.05, 0.1) is 13.2 Å². The SMILES string of the molecule is CC1CCCN1Cc1cccc(-c2nc(C3OCCO3)cs2)c1. The Bertz CT molecular complexity index is 667. The van der Waals surface area contributed by atoms with Crippen molar-refractivity contribution >= 4 is 11.3 Å². The number of benzene rings is 1. The van der Waals surface area contributed by atoms with E-state index >= 15 is 0 Å². The Morgan fingerprint density at radius 1 is 1.30 bits per heavy atom. The molecule has 2 aliphatic rings. The molecular weight excluding hydrogens is 308 g/mol. The number of likely N-dealkylation sites (tertiary alicyclic amines) is 1. The van der Waals surface area contributed by atoms with Gasteiger partial charge < -0.3 is 9.47 Å². The van der Waals surface area contributed by atoms with E-state index in [0.29, 0.717) is 19.3 Å². The van der Waals surface area contributed by atoms with Gasteiger partial charge in [0.25, 0.3) is 0 Å². The van der Waals surface area contributed by atoms with Gasteiger partial charge in [-0.05, 0) is 37.9 Å². The highest BCUT2D eigenvalue weighted by molar-refractivity contribution is 7.13. The summed E-state index contributed by atoms with van der Waals surface area (Å²) in [5, 5.41) is 3.08. The van der Waals surface area contributed by atoms with Crippen LogP contribution in [0.5, 0.6) is 0 Å². The Hall–Kier alpha value is -1.27. The van der Waals surface area contributed by atoms with Gasteiger partial charge in [0.2, 0.25) is 6.29 Å². The summed E-state index contributed by atoms with van der Waals surface area (Å²) >= 11 is 1.66. The zero-order valence-corrected chi connectivity index (χ0v) is 14.2. The quantitative estimate of drug-likeness (QED) is 0.853. The van der Waals surface area contributed by atoms with Crippen LogP contribution in [0.15, 0.2) is 29.6 Å². The zero-order chi connectivity index (χ0) is 15.6. The second-order valence-corrected chi connectivity index (χ2v) is 7.17. The molecule has 5 heteroatoms. The Morgan fingerprint density at radius 2 is 2.17 bits per heavy atom. The van der Waals surface area contributed by atoms with Crippen LogP contribution >= 0.6 is 11.3 Å². The van der Waals surface area contributed by atoms with E-state index in [1.165, 1.54) is 30.5 Å². The van der Waals surface area contributed by atoms with Gasteiger partial charge in [0, 0.05) is 23.5 Å². The third-order valence-corrected chi connectivity index (χ3v) is 5.54. The van der Waals surface area contributed by atoms with Gasteiger partial charge in [-0.2, -0.15) is 0 Å². The number of thiazole rings is 1. The second-order valence-electron chi connectivity index (χ2n) is 6.31. The predicted octanol–water partition coefficient (Wildman–Crippen LogP) is 3.84. The van der Waals surface area contributed by atoms with Gasteiger partial charge in [-0.15, -0.1) is 11.3 Å². The van der Waals surface area contributed by atoms with Crippen LogP contribution in [-0.2, 0) is 16.0 Å². The molecule has 0 amide bonds. The largest absolute Gasteiger partial charge is 0.345 e. The molecule has 0 spiro atoms. The van der Waals surface area contributed by atoms with Crippen molar-refractivity contribution in [2.75, 3.05) is 19.8 Å². The summed E-state index contributed by atoms with van der Waals surface area (Å²) in [4.78, 5) is 7.27. The molecule has 2 aromatic rings. The molecule has 1 aromatic heterocycles. The first-order valence-corrected chi connectivity index (χ1v) is 9.19. The van der Waals surface area contributed by atoms with Crippen molar-refractivity contribution < 1.29 is 9.47 Å². The molecule has 2 saturated heterocycles. The summed E-state index contributed by atoms with van der Waals surface area (Å²) in [7, 11) is 0. The van der Waals surface area contributed by atoms with Crippen LogP contribution in [0, 0.1) is 0 Å². The second kappa shape index (κ2) is 6.69. The lowest BCUT2D eigenvalue weighted by molar-refractivity contribution is -0.0468. The maximum atomic E-state index is 5.53. The van der Waals surface area contributed by atoms with E-state index in [0.717, 1.165) is 17.2 Å². The number of aromatic nitrogens is 1. The Kier molecular flexibility index (Phi) is 4.44. The third-order valence-electron chi connectivity index (χ3n) is 4.64. The van der Waals surface area contributed by atoms with E-state index in [1.54, 1.807) is 11.3 Å². The van der Waals surface area contributed by atoms with Crippen molar-refractivity contribution in [2.45, 2.75) is 38.6 Å². The maximum absolute atomic E-state index is 5.53. The van der Waals surface area contributed by atoms with Gasteiger partial charge in [-0.1, -0.05) is 18.2 Å². The van der Waals surface area contributed by atoms with Gasteiger partial charge in [0.1, 0.15) is 10.7 Å². The lowest BCUT2D eigenvalue weighted by atomic mass is 10.1. The Balaban J connectivity index is 1.51. The molecule has 0 saturated carbocycles. The topological polar surface area (TPSA) is 34.6 Å². The van der Waals surface area contributed by atoms with E-state index in [2.05, 4.69) is 36.1 Å². The van der Waals surface area contributed by atoms with E-state index in [4.69, 9.17) is 14.5 Å². The summed E-state index contributed by atoms with van der Waals surface area (Å²) in [6, 6.07) is 9.45. The van der Waals surface area contributed by atoms with Gasteiger partial charge in [-0.25, -0.2) is 4.98 Å². The van der Waals surface area contributed by atoms with Gasteiger partial charge in [0.15, 0.2) is 0 Å². The third kappa shape index (κ3) is 3.33. The normalized spacial score (nSPS) is 22.9. The van der Waals surface area contributed by atoms with E-state index in [-0.39, 0.29) is 6.29 Å². The minimum atomic E-state index is -0.284. The van der Waals surface area contributed by atoms with Crippen LogP contribution in [-0.4, -0.2) is 35.7 Å². The molecule has 1 aromatic carbocycles. The molecule has 2 aliphatic heterocycles. The summed E-state index contributed by atoms with van der Waals surface area (Å²) in [5.74, 6) is 0. The number of nitrogens with zero attached hydrogens (tertiary/aromatic N) is 2. The fourth-order valence-corrected chi connectivity index (χ4v) is 4.14. The van der Waals surface area contributed by atoms with Gasteiger partial charge in [-0.3, -0.25) is 4.90 Å². The first-order chi connectivity index (χ1) is 11.3. The fourth-order valence-electron chi connectivity index (χ4n) is 3.32. The van der Waals surface area contributed by atoms with Crippen molar-refractivity contribution in [3.05, 3.63) is 40.9 Å². The van der Waals surface area contributed by atoms with Crippen molar-refractivity contribution in [1.82, 2.24) is 9.88 Å². The van der Waals surface area contributed by atoms with Crippen LogP contribution in [0.3, 0.4) is 0 Å². The summed E-state index contributed by atoms with van der Waals surface area (Å²) in [5.41, 5.74) is 3.44. The minimum absolute atomic E-state index is 0.284. The number of hydrogen-bond donors (Lipinski definition) is 0. The molecule has 23 heavy (non-hydrogen) atoms. The van der Waals surface area contributed by atoms with Crippen LogP contribution in [0.1, 0.15) is 37.3 Å². The Labute approximate surface area is 141 Å². The molecule has 122 valence electrons.